The van der Waals surface area contributed by atoms with Crippen molar-refractivity contribution in [3.05, 3.63) is 0 Å². The maximum absolute atomic E-state index is 12.0. The average molecular weight is 342 g/mol. The van der Waals surface area contributed by atoms with E-state index in [4.69, 9.17) is 15.0 Å². The van der Waals surface area contributed by atoms with Crippen molar-refractivity contribution in [2.45, 2.75) is 43.6 Å². The fourth-order valence-electron chi connectivity index (χ4n) is 2.39. The van der Waals surface area contributed by atoms with Crippen LogP contribution in [0.4, 0.5) is 13.2 Å². The number of carbonyl (C=O) groups excluding carboxylic acids is 1. The summed E-state index contributed by atoms with van der Waals surface area (Å²) in [6, 6.07) is -1.14. The second-order valence-electron chi connectivity index (χ2n) is 5.19. The number of halogens is 3. The number of aliphatic hydroxyl groups excluding tert-OH is 1. The first-order valence-corrected chi connectivity index (χ1v) is 6.79. The van der Waals surface area contributed by atoms with Crippen LogP contribution in [-0.4, -0.2) is 75.5 Å². The van der Waals surface area contributed by atoms with Gasteiger partial charge in [-0.1, -0.05) is 0 Å². The fourth-order valence-corrected chi connectivity index (χ4v) is 2.39. The van der Waals surface area contributed by atoms with E-state index in [2.05, 4.69) is 5.32 Å². The molecule has 11 heteroatoms. The molecule has 2 aliphatic rings. The largest absolute Gasteiger partial charge is 0.490 e. The van der Waals surface area contributed by atoms with Gasteiger partial charge in [-0.25, -0.2) is 9.59 Å². The van der Waals surface area contributed by atoms with Gasteiger partial charge in [-0.3, -0.25) is 4.79 Å². The van der Waals surface area contributed by atoms with Gasteiger partial charge in [0.05, 0.1) is 12.1 Å². The highest BCUT2D eigenvalue weighted by Gasteiger charge is 2.41. The van der Waals surface area contributed by atoms with Gasteiger partial charge in [-0.05, 0) is 19.4 Å². The van der Waals surface area contributed by atoms with Crippen LogP contribution in [0.3, 0.4) is 0 Å². The molecule has 0 aromatic rings. The number of carbonyl (C=O) groups is 3. The van der Waals surface area contributed by atoms with Gasteiger partial charge in [0.2, 0.25) is 5.91 Å². The van der Waals surface area contributed by atoms with Gasteiger partial charge in [0.15, 0.2) is 0 Å². The maximum Gasteiger partial charge on any atom is 0.490 e. The van der Waals surface area contributed by atoms with E-state index in [9.17, 15) is 27.9 Å². The third-order valence-electron chi connectivity index (χ3n) is 3.45. The number of carboxylic acids is 2. The third-order valence-corrected chi connectivity index (χ3v) is 3.45. The molecule has 0 spiro atoms. The van der Waals surface area contributed by atoms with Crippen LogP contribution in [0.15, 0.2) is 0 Å². The normalized spacial score (nSPS) is 27.3. The molecule has 1 amide bonds. The SMILES string of the molecule is O=C(O)C(F)(F)F.O=C(O)C1CC(O)CN1C(=O)C1CCCN1. The van der Waals surface area contributed by atoms with E-state index in [0.29, 0.717) is 0 Å². The molecule has 2 rings (SSSR count). The molecule has 8 nitrogen and oxygen atoms in total. The second kappa shape index (κ2) is 7.59. The number of carboxylic acid groups (broad SMARTS) is 2. The summed E-state index contributed by atoms with van der Waals surface area (Å²) in [4.78, 5) is 33.1. The Morgan fingerprint density at radius 1 is 1.17 bits per heavy atom. The van der Waals surface area contributed by atoms with Crippen LogP contribution in [-0.2, 0) is 14.4 Å². The Morgan fingerprint density at radius 3 is 2.13 bits per heavy atom. The van der Waals surface area contributed by atoms with E-state index in [1.807, 2.05) is 0 Å². The highest BCUT2D eigenvalue weighted by molar-refractivity contribution is 5.88. The van der Waals surface area contributed by atoms with Crippen molar-refractivity contribution in [1.82, 2.24) is 10.2 Å². The summed E-state index contributed by atoms with van der Waals surface area (Å²) in [6.45, 7) is 0.929. The molecule has 2 heterocycles. The summed E-state index contributed by atoms with van der Waals surface area (Å²) in [7, 11) is 0. The second-order valence-corrected chi connectivity index (χ2v) is 5.19. The summed E-state index contributed by atoms with van der Waals surface area (Å²) in [6.07, 6.45) is -3.98. The molecule has 2 saturated heterocycles. The summed E-state index contributed by atoms with van der Waals surface area (Å²) in [5, 5.41) is 28.6. The molecule has 2 aliphatic heterocycles. The molecule has 4 N–H and O–H groups in total. The average Bonchev–Trinajstić information content (AvgIpc) is 3.06. The van der Waals surface area contributed by atoms with Gasteiger partial charge in [0.1, 0.15) is 6.04 Å². The Bertz CT molecular complexity index is 464. The molecule has 0 aromatic carbocycles. The third kappa shape index (κ3) is 5.36. The first kappa shape index (κ1) is 19.2. The van der Waals surface area contributed by atoms with Gasteiger partial charge in [-0.2, -0.15) is 13.2 Å². The van der Waals surface area contributed by atoms with Crippen molar-refractivity contribution in [2.75, 3.05) is 13.1 Å². The molecule has 0 bridgehead atoms. The summed E-state index contributed by atoms with van der Waals surface area (Å²) in [5.41, 5.74) is 0. The molecular formula is C12H17F3N2O6. The molecule has 0 aliphatic carbocycles. The quantitative estimate of drug-likeness (QED) is 0.529. The Balaban J connectivity index is 0.000000322. The first-order chi connectivity index (χ1) is 10.5. The van der Waals surface area contributed by atoms with Crippen molar-refractivity contribution in [1.29, 1.82) is 0 Å². The van der Waals surface area contributed by atoms with E-state index >= 15 is 0 Å². The molecule has 2 fully saturated rings. The lowest BCUT2D eigenvalue weighted by Gasteiger charge is -2.24. The van der Waals surface area contributed by atoms with Crippen molar-refractivity contribution >= 4 is 17.8 Å². The number of nitrogens with zero attached hydrogens (tertiary/aromatic N) is 1. The minimum atomic E-state index is -5.08. The lowest BCUT2D eigenvalue weighted by Crippen LogP contribution is -2.48. The number of aliphatic carboxylic acids is 2. The molecular weight excluding hydrogens is 325 g/mol. The van der Waals surface area contributed by atoms with E-state index < -0.39 is 30.3 Å². The number of amides is 1. The van der Waals surface area contributed by atoms with E-state index in [1.54, 1.807) is 0 Å². The predicted molar refractivity (Wildman–Crippen MR) is 68.5 cm³/mol. The summed E-state index contributed by atoms with van der Waals surface area (Å²) >= 11 is 0. The molecule has 0 saturated carbocycles. The van der Waals surface area contributed by atoms with Gasteiger partial charge in [0.25, 0.3) is 0 Å². The van der Waals surface area contributed by atoms with E-state index in [1.165, 1.54) is 4.90 Å². The zero-order valence-electron chi connectivity index (χ0n) is 11.9. The van der Waals surface area contributed by atoms with Crippen LogP contribution < -0.4 is 5.32 Å². The Kier molecular flexibility index (Phi) is 6.33. The minimum absolute atomic E-state index is 0.133. The van der Waals surface area contributed by atoms with Gasteiger partial charge >= 0.3 is 18.1 Å². The van der Waals surface area contributed by atoms with Crippen molar-refractivity contribution in [3.63, 3.8) is 0 Å². The van der Waals surface area contributed by atoms with E-state index in [0.717, 1.165) is 19.4 Å². The molecule has 23 heavy (non-hydrogen) atoms. The standard InChI is InChI=1S/C10H16N2O4.C2HF3O2/c13-6-4-8(10(15)16)12(5-6)9(14)7-2-1-3-11-7;3-2(4,5)1(6)7/h6-8,11,13H,1-5H2,(H,15,16);(H,6,7). The molecule has 3 unspecified atom stereocenters. The summed E-state index contributed by atoms with van der Waals surface area (Å²) < 4.78 is 31.7. The van der Waals surface area contributed by atoms with Gasteiger partial charge < -0.3 is 25.5 Å². The Hall–Kier alpha value is -1.88. The van der Waals surface area contributed by atoms with Crippen LogP contribution in [0.5, 0.6) is 0 Å². The molecule has 0 aromatic heterocycles. The number of hydrogen-bond donors (Lipinski definition) is 4. The predicted octanol–water partition coefficient (Wildman–Crippen LogP) is -0.582. The minimum Gasteiger partial charge on any atom is -0.480 e. The number of nitrogens with one attached hydrogen (secondary N) is 1. The van der Waals surface area contributed by atoms with Crippen LogP contribution in [0.1, 0.15) is 19.3 Å². The lowest BCUT2D eigenvalue weighted by molar-refractivity contribution is -0.192. The Morgan fingerprint density at radius 2 is 1.74 bits per heavy atom. The zero-order chi connectivity index (χ0) is 17.8. The monoisotopic (exact) mass is 342 g/mol. The topological polar surface area (TPSA) is 127 Å². The van der Waals surface area contributed by atoms with Gasteiger partial charge in [-0.15, -0.1) is 0 Å². The number of β-amino-alcohol motifs (C(OH)–C–C–N with tert-alkyl or cyclic N) is 1. The molecule has 3 atom stereocenters. The maximum atomic E-state index is 12.0. The highest BCUT2D eigenvalue weighted by atomic mass is 19.4. The van der Waals surface area contributed by atoms with Crippen LogP contribution in [0, 0.1) is 0 Å². The summed E-state index contributed by atoms with van der Waals surface area (Å²) in [5.74, 6) is -3.99. The van der Waals surface area contributed by atoms with Crippen molar-refractivity contribution < 1.29 is 42.9 Å². The number of alkyl halides is 3. The molecule has 132 valence electrons. The first-order valence-electron chi connectivity index (χ1n) is 6.79. The Labute approximate surface area is 128 Å². The van der Waals surface area contributed by atoms with E-state index in [-0.39, 0.29) is 24.9 Å². The highest BCUT2D eigenvalue weighted by Crippen LogP contribution is 2.21. The van der Waals surface area contributed by atoms with Crippen LogP contribution >= 0.6 is 0 Å². The van der Waals surface area contributed by atoms with Crippen LogP contribution in [0.2, 0.25) is 0 Å². The zero-order valence-corrected chi connectivity index (χ0v) is 11.9. The smallest absolute Gasteiger partial charge is 0.480 e. The molecule has 0 radical (unpaired) electrons. The number of likely N-dealkylation sites (tertiary alicyclic amines) is 1. The number of rotatable bonds is 2. The fraction of sp³-hybridized carbons (Fsp3) is 0.750. The van der Waals surface area contributed by atoms with Crippen molar-refractivity contribution in [2.24, 2.45) is 0 Å². The van der Waals surface area contributed by atoms with Gasteiger partial charge in [0, 0.05) is 13.0 Å². The van der Waals surface area contributed by atoms with Crippen molar-refractivity contribution in [3.8, 4) is 0 Å². The number of aliphatic hydroxyl groups is 1. The van der Waals surface area contributed by atoms with Crippen LogP contribution in [0.25, 0.3) is 0 Å². The lowest BCUT2D eigenvalue weighted by atomic mass is 10.1. The number of hydrogen-bond acceptors (Lipinski definition) is 5.